The van der Waals surface area contributed by atoms with Crippen molar-refractivity contribution in [2.75, 3.05) is 19.4 Å². The molecule has 2 rings (SSSR count). The van der Waals surface area contributed by atoms with Gasteiger partial charge < -0.3 is 15.5 Å². The molecule has 0 unspecified atom stereocenters. The molecule has 0 aliphatic heterocycles. The Morgan fingerprint density at radius 2 is 2.00 bits per heavy atom. The third-order valence-corrected chi connectivity index (χ3v) is 3.11. The van der Waals surface area contributed by atoms with Gasteiger partial charge in [0.1, 0.15) is 0 Å². The Bertz CT molecular complexity index is 513. The molecule has 1 aromatic carbocycles. The average Bonchev–Trinajstić information content (AvgIpc) is 3.15. The van der Waals surface area contributed by atoms with Crippen LogP contribution in [0.3, 0.4) is 0 Å². The maximum absolute atomic E-state index is 12.0. The van der Waals surface area contributed by atoms with E-state index in [0.717, 1.165) is 12.8 Å². The van der Waals surface area contributed by atoms with Crippen LogP contribution in [-0.2, 0) is 0 Å². The van der Waals surface area contributed by atoms with Crippen LogP contribution in [0.4, 0.5) is 10.5 Å². The molecule has 19 heavy (non-hydrogen) atoms. The van der Waals surface area contributed by atoms with Gasteiger partial charge in [0.15, 0.2) is 0 Å². The van der Waals surface area contributed by atoms with Crippen molar-refractivity contribution in [3.05, 3.63) is 28.8 Å². The minimum absolute atomic E-state index is 0.201. The highest BCUT2D eigenvalue weighted by Crippen LogP contribution is 2.24. The minimum atomic E-state index is -0.254. The van der Waals surface area contributed by atoms with Crippen molar-refractivity contribution >= 4 is 29.2 Å². The fourth-order valence-electron chi connectivity index (χ4n) is 1.50. The number of halogens is 1. The second-order valence-electron chi connectivity index (χ2n) is 4.77. The largest absolute Gasteiger partial charge is 0.349 e. The molecular weight excluding hydrogens is 266 g/mol. The van der Waals surface area contributed by atoms with Gasteiger partial charge in [-0.15, -0.1) is 0 Å². The monoisotopic (exact) mass is 281 g/mol. The summed E-state index contributed by atoms with van der Waals surface area (Å²) < 4.78 is 0. The summed E-state index contributed by atoms with van der Waals surface area (Å²) in [6, 6.07) is 4.87. The molecule has 6 heteroatoms. The second kappa shape index (κ2) is 5.48. The Morgan fingerprint density at radius 3 is 2.58 bits per heavy atom. The molecule has 1 aliphatic rings. The van der Waals surface area contributed by atoms with Gasteiger partial charge in [0.2, 0.25) is 0 Å². The fourth-order valence-corrected chi connectivity index (χ4v) is 1.71. The molecule has 5 nitrogen and oxygen atoms in total. The molecule has 0 atom stereocenters. The van der Waals surface area contributed by atoms with Crippen molar-refractivity contribution < 1.29 is 9.59 Å². The van der Waals surface area contributed by atoms with Gasteiger partial charge in [0.25, 0.3) is 5.91 Å². The molecule has 0 saturated heterocycles. The molecule has 0 aromatic heterocycles. The van der Waals surface area contributed by atoms with E-state index >= 15 is 0 Å². The van der Waals surface area contributed by atoms with E-state index in [1.165, 1.54) is 4.90 Å². The first kappa shape index (κ1) is 13.7. The number of anilines is 1. The van der Waals surface area contributed by atoms with Gasteiger partial charge in [-0.25, -0.2) is 4.79 Å². The van der Waals surface area contributed by atoms with E-state index in [9.17, 15) is 9.59 Å². The zero-order valence-corrected chi connectivity index (χ0v) is 11.6. The van der Waals surface area contributed by atoms with Crippen molar-refractivity contribution in [2.45, 2.75) is 18.9 Å². The Morgan fingerprint density at radius 1 is 1.32 bits per heavy atom. The Labute approximate surface area is 116 Å². The lowest BCUT2D eigenvalue weighted by molar-refractivity contribution is 0.0951. The molecule has 0 bridgehead atoms. The summed E-state index contributed by atoms with van der Waals surface area (Å²) >= 11 is 6.01. The number of urea groups is 1. The average molecular weight is 282 g/mol. The van der Waals surface area contributed by atoms with Crippen LogP contribution in [0.2, 0.25) is 5.02 Å². The van der Waals surface area contributed by atoms with E-state index in [-0.39, 0.29) is 18.0 Å². The van der Waals surface area contributed by atoms with E-state index in [1.807, 2.05) is 0 Å². The van der Waals surface area contributed by atoms with Gasteiger partial charge >= 0.3 is 6.03 Å². The van der Waals surface area contributed by atoms with Crippen LogP contribution in [0.5, 0.6) is 0 Å². The predicted molar refractivity (Wildman–Crippen MR) is 74.6 cm³/mol. The van der Waals surface area contributed by atoms with Crippen LogP contribution >= 0.6 is 11.6 Å². The third-order valence-electron chi connectivity index (χ3n) is 2.78. The predicted octanol–water partition coefficient (Wildman–Crippen LogP) is 2.33. The van der Waals surface area contributed by atoms with E-state index in [4.69, 9.17) is 11.6 Å². The summed E-state index contributed by atoms with van der Waals surface area (Å²) in [5.74, 6) is -0.201. The number of carbonyl (C=O) groups is 2. The highest BCUT2D eigenvalue weighted by molar-refractivity contribution is 6.34. The normalized spacial score (nSPS) is 13.8. The summed E-state index contributed by atoms with van der Waals surface area (Å²) in [5.41, 5.74) is 0.925. The molecular formula is C13H16ClN3O2. The van der Waals surface area contributed by atoms with Gasteiger partial charge in [0, 0.05) is 25.8 Å². The van der Waals surface area contributed by atoms with E-state index in [1.54, 1.807) is 32.3 Å². The van der Waals surface area contributed by atoms with Crippen molar-refractivity contribution in [2.24, 2.45) is 0 Å². The zero-order chi connectivity index (χ0) is 14.0. The molecule has 2 N–H and O–H groups in total. The molecule has 0 spiro atoms. The van der Waals surface area contributed by atoms with Gasteiger partial charge in [0.05, 0.1) is 10.6 Å². The van der Waals surface area contributed by atoms with E-state index in [2.05, 4.69) is 10.6 Å². The Balaban J connectivity index is 2.13. The Kier molecular flexibility index (Phi) is 3.95. The number of nitrogens with one attached hydrogen (secondary N) is 2. The lowest BCUT2D eigenvalue weighted by Gasteiger charge is -2.13. The lowest BCUT2D eigenvalue weighted by atomic mass is 10.2. The molecule has 0 radical (unpaired) electrons. The molecule has 1 saturated carbocycles. The summed E-state index contributed by atoms with van der Waals surface area (Å²) in [6.45, 7) is 0. The minimum Gasteiger partial charge on any atom is -0.349 e. The van der Waals surface area contributed by atoms with Gasteiger partial charge in [-0.05, 0) is 31.0 Å². The number of hydrogen-bond donors (Lipinski definition) is 2. The molecule has 1 fully saturated rings. The number of hydrogen-bond acceptors (Lipinski definition) is 2. The first-order chi connectivity index (χ1) is 8.97. The second-order valence-corrected chi connectivity index (χ2v) is 5.17. The zero-order valence-electron chi connectivity index (χ0n) is 10.9. The van der Waals surface area contributed by atoms with Crippen LogP contribution in [0, 0.1) is 0 Å². The molecule has 1 aliphatic carbocycles. The summed E-state index contributed by atoms with van der Waals surface area (Å²) in [5, 5.41) is 5.92. The quantitative estimate of drug-likeness (QED) is 0.893. The fraction of sp³-hybridized carbons (Fsp3) is 0.385. The maximum Gasteiger partial charge on any atom is 0.321 e. The highest BCUT2D eigenvalue weighted by Gasteiger charge is 2.24. The topological polar surface area (TPSA) is 61.4 Å². The number of carbonyl (C=O) groups excluding carboxylic acids is 2. The number of nitrogens with zero attached hydrogens (tertiary/aromatic N) is 1. The van der Waals surface area contributed by atoms with Gasteiger partial charge in [-0.1, -0.05) is 11.6 Å². The summed E-state index contributed by atoms with van der Waals surface area (Å²) in [6.07, 6.45) is 2.03. The van der Waals surface area contributed by atoms with Crippen molar-refractivity contribution in [3.8, 4) is 0 Å². The number of benzene rings is 1. The molecule has 3 amide bonds. The van der Waals surface area contributed by atoms with Crippen molar-refractivity contribution in [1.29, 1.82) is 0 Å². The smallest absolute Gasteiger partial charge is 0.321 e. The first-order valence-electron chi connectivity index (χ1n) is 6.06. The van der Waals surface area contributed by atoms with Crippen LogP contribution < -0.4 is 10.6 Å². The van der Waals surface area contributed by atoms with E-state index < -0.39 is 0 Å². The van der Waals surface area contributed by atoms with Crippen molar-refractivity contribution in [3.63, 3.8) is 0 Å². The number of rotatable bonds is 3. The summed E-state index contributed by atoms with van der Waals surface area (Å²) in [7, 11) is 3.29. The summed E-state index contributed by atoms with van der Waals surface area (Å²) in [4.78, 5) is 24.9. The maximum atomic E-state index is 12.0. The lowest BCUT2D eigenvalue weighted by Crippen LogP contribution is -2.28. The SMILES string of the molecule is CN(C)C(=O)Nc1ccc(Cl)c(C(=O)NC2CC2)c1. The van der Waals surface area contributed by atoms with E-state index in [0.29, 0.717) is 16.3 Å². The molecule has 102 valence electrons. The molecule has 0 heterocycles. The Hall–Kier alpha value is -1.75. The van der Waals surface area contributed by atoms with Crippen LogP contribution in [0.1, 0.15) is 23.2 Å². The van der Waals surface area contributed by atoms with Crippen molar-refractivity contribution in [1.82, 2.24) is 10.2 Å². The van der Waals surface area contributed by atoms with Gasteiger partial charge in [-0.3, -0.25) is 4.79 Å². The third kappa shape index (κ3) is 3.61. The standard InChI is InChI=1S/C13H16ClN3O2/c1-17(2)13(19)16-9-5-6-11(14)10(7-9)12(18)15-8-3-4-8/h5-8H,3-4H2,1-2H3,(H,15,18)(H,16,19). The van der Waals surface area contributed by atoms with Crippen LogP contribution in [0.15, 0.2) is 18.2 Å². The highest BCUT2D eigenvalue weighted by atomic mass is 35.5. The van der Waals surface area contributed by atoms with Crippen LogP contribution in [-0.4, -0.2) is 37.0 Å². The first-order valence-corrected chi connectivity index (χ1v) is 6.44. The number of amides is 3. The molecule has 1 aromatic rings. The van der Waals surface area contributed by atoms with Crippen LogP contribution in [0.25, 0.3) is 0 Å². The van der Waals surface area contributed by atoms with Gasteiger partial charge in [-0.2, -0.15) is 0 Å².